The molecule has 1 fully saturated rings. The summed E-state index contributed by atoms with van der Waals surface area (Å²) in [6, 6.07) is 7.42. The summed E-state index contributed by atoms with van der Waals surface area (Å²) in [6.45, 7) is 14.2. The van der Waals surface area contributed by atoms with E-state index in [9.17, 15) is 9.59 Å². The lowest BCUT2D eigenvalue weighted by molar-refractivity contribution is -0.137. The van der Waals surface area contributed by atoms with Gasteiger partial charge in [-0.3, -0.25) is 14.5 Å². The molecule has 0 saturated carbocycles. The fourth-order valence-corrected chi connectivity index (χ4v) is 3.67. The second-order valence-electron chi connectivity index (χ2n) is 7.35. The maximum Gasteiger partial charge on any atom is 0.278 e. The second kappa shape index (κ2) is 8.61. The van der Waals surface area contributed by atoms with Gasteiger partial charge in [-0.1, -0.05) is 25.1 Å². The van der Waals surface area contributed by atoms with Crippen LogP contribution in [0.4, 0.5) is 0 Å². The van der Waals surface area contributed by atoms with Crippen LogP contribution >= 0.6 is 0 Å². The summed E-state index contributed by atoms with van der Waals surface area (Å²) >= 11 is 0. The minimum Gasteiger partial charge on any atom is -0.491 e. The molecule has 3 rings (SSSR count). The number of piperazine rings is 1. The lowest BCUT2D eigenvalue weighted by Gasteiger charge is -2.35. The molecule has 0 spiro atoms. The molecular weight excluding hydrogens is 354 g/mol. The summed E-state index contributed by atoms with van der Waals surface area (Å²) in [6.07, 6.45) is 1.67. The third kappa shape index (κ3) is 3.97. The Balaban J connectivity index is 1.96. The molecule has 1 aromatic carbocycles. The average molecular weight is 383 g/mol. The largest absolute Gasteiger partial charge is 0.491 e. The summed E-state index contributed by atoms with van der Waals surface area (Å²) in [5, 5.41) is 0. The van der Waals surface area contributed by atoms with Crippen LogP contribution in [-0.4, -0.2) is 71.9 Å². The Labute approximate surface area is 167 Å². The highest BCUT2D eigenvalue weighted by Gasteiger charge is 2.41. The minimum absolute atomic E-state index is 0.0771. The van der Waals surface area contributed by atoms with Crippen LogP contribution < -0.4 is 4.74 Å². The molecule has 0 bridgehead atoms. The number of hydrogen-bond donors (Lipinski definition) is 0. The summed E-state index contributed by atoms with van der Waals surface area (Å²) in [5.74, 6) is 0.264. The maximum absolute atomic E-state index is 13.1. The van der Waals surface area contributed by atoms with Crippen molar-refractivity contribution in [1.29, 1.82) is 0 Å². The maximum atomic E-state index is 13.1. The van der Waals surface area contributed by atoms with E-state index >= 15 is 0 Å². The van der Waals surface area contributed by atoms with E-state index in [1.165, 1.54) is 4.90 Å². The standard InChI is InChI=1S/C22H29N3O3/c1-5-11-25-21(26)19(17-7-9-18(10-8-17)28-16(3)4)20(22(25)27)24-14-12-23(6-2)13-15-24/h5,7-10,16H,1,6,11-15H2,2-4H3. The zero-order valence-corrected chi connectivity index (χ0v) is 17.0. The molecule has 0 N–H and O–H groups in total. The van der Waals surface area contributed by atoms with Crippen LogP contribution in [0.1, 0.15) is 26.3 Å². The Bertz CT molecular complexity index is 775. The van der Waals surface area contributed by atoms with Gasteiger partial charge >= 0.3 is 0 Å². The zero-order valence-electron chi connectivity index (χ0n) is 17.0. The molecule has 0 radical (unpaired) electrons. The molecule has 2 amide bonds. The summed E-state index contributed by atoms with van der Waals surface area (Å²) in [7, 11) is 0. The van der Waals surface area contributed by atoms with Crippen LogP contribution in [0.25, 0.3) is 5.57 Å². The van der Waals surface area contributed by atoms with E-state index < -0.39 is 0 Å². The number of hydrogen-bond acceptors (Lipinski definition) is 5. The number of likely N-dealkylation sites (N-methyl/N-ethyl adjacent to an activating group) is 1. The van der Waals surface area contributed by atoms with Crippen molar-refractivity contribution >= 4 is 17.4 Å². The van der Waals surface area contributed by atoms with E-state index in [1.807, 2.05) is 38.1 Å². The Kier molecular flexibility index (Phi) is 6.19. The molecule has 2 aliphatic heterocycles. The van der Waals surface area contributed by atoms with Crippen molar-refractivity contribution in [1.82, 2.24) is 14.7 Å². The normalized spacial score (nSPS) is 18.4. The zero-order chi connectivity index (χ0) is 20.3. The molecule has 2 heterocycles. The SMILES string of the molecule is C=CCN1C(=O)C(c2ccc(OC(C)C)cc2)=C(N2CCN(CC)CC2)C1=O. The Morgan fingerprint density at radius 2 is 1.71 bits per heavy atom. The molecule has 1 aromatic rings. The number of carbonyl (C=O) groups excluding carboxylic acids is 2. The topological polar surface area (TPSA) is 53.1 Å². The van der Waals surface area contributed by atoms with Crippen LogP contribution in [0.5, 0.6) is 5.75 Å². The van der Waals surface area contributed by atoms with Gasteiger partial charge < -0.3 is 14.5 Å². The minimum atomic E-state index is -0.254. The van der Waals surface area contributed by atoms with Crippen molar-refractivity contribution in [2.45, 2.75) is 26.9 Å². The first-order valence-electron chi connectivity index (χ1n) is 9.92. The molecule has 150 valence electrons. The first kappa shape index (κ1) is 20.1. The predicted octanol–water partition coefficient (Wildman–Crippen LogP) is 2.38. The number of ether oxygens (including phenoxy) is 1. The fraction of sp³-hybridized carbons (Fsp3) is 0.455. The molecule has 0 aliphatic carbocycles. The van der Waals surface area contributed by atoms with Gasteiger partial charge in [0.2, 0.25) is 0 Å². The average Bonchev–Trinajstić information content (AvgIpc) is 2.93. The van der Waals surface area contributed by atoms with Gasteiger partial charge in [-0.15, -0.1) is 6.58 Å². The fourth-order valence-electron chi connectivity index (χ4n) is 3.67. The van der Waals surface area contributed by atoms with Gasteiger partial charge in [0.05, 0.1) is 11.7 Å². The van der Waals surface area contributed by atoms with Crippen molar-refractivity contribution < 1.29 is 14.3 Å². The van der Waals surface area contributed by atoms with Crippen molar-refractivity contribution in [2.75, 3.05) is 39.3 Å². The van der Waals surface area contributed by atoms with Crippen LogP contribution in [0.15, 0.2) is 42.6 Å². The molecule has 2 aliphatic rings. The molecule has 0 atom stereocenters. The Hall–Kier alpha value is -2.60. The lowest BCUT2D eigenvalue weighted by Crippen LogP contribution is -2.47. The van der Waals surface area contributed by atoms with Gasteiger partial charge in [0, 0.05) is 32.7 Å². The summed E-state index contributed by atoms with van der Waals surface area (Å²) in [4.78, 5) is 31.8. The Morgan fingerprint density at radius 3 is 2.25 bits per heavy atom. The van der Waals surface area contributed by atoms with Crippen LogP contribution in [0.3, 0.4) is 0 Å². The van der Waals surface area contributed by atoms with Crippen molar-refractivity contribution in [3.63, 3.8) is 0 Å². The molecule has 0 unspecified atom stereocenters. The molecular formula is C22H29N3O3. The van der Waals surface area contributed by atoms with Gasteiger partial charge in [-0.2, -0.15) is 0 Å². The summed E-state index contributed by atoms with van der Waals surface area (Å²) in [5.41, 5.74) is 1.74. The lowest BCUT2D eigenvalue weighted by atomic mass is 10.0. The smallest absolute Gasteiger partial charge is 0.278 e. The first-order valence-corrected chi connectivity index (χ1v) is 9.92. The number of rotatable bonds is 7. The third-order valence-electron chi connectivity index (χ3n) is 5.11. The van der Waals surface area contributed by atoms with Crippen molar-refractivity contribution in [2.24, 2.45) is 0 Å². The van der Waals surface area contributed by atoms with Gasteiger partial charge in [0.1, 0.15) is 11.4 Å². The number of nitrogens with zero attached hydrogens (tertiary/aromatic N) is 3. The summed E-state index contributed by atoms with van der Waals surface area (Å²) < 4.78 is 5.70. The Morgan fingerprint density at radius 1 is 1.07 bits per heavy atom. The second-order valence-corrected chi connectivity index (χ2v) is 7.35. The van der Waals surface area contributed by atoms with Crippen molar-refractivity contribution in [3.05, 3.63) is 48.2 Å². The number of carbonyl (C=O) groups is 2. The quantitative estimate of drug-likeness (QED) is 0.535. The van der Waals surface area contributed by atoms with E-state index in [0.717, 1.165) is 44.0 Å². The van der Waals surface area contributed by atoms with E-state index in [4.69, 9.17) is 4.74 Å². The van der Waals surface area contributed by atoms with Gasteiger partial charge in [-0.05, 0) is 38.1 Å². The number of imide groups is 1. The van der Waals surface area contributed by atoms with Crippen molar-refractivity contribution in [3.8, 4) is 5.75 Å². The molecule has 6 nitrogen and oxygen atoms in total. The highest BCUT2D eigenvalue weighted by atomic mass is 16.5. The van der Waals surface area contributed by atoms with Crippen LogP contribution in [0.2, 0.25) is 0 Å². The van der Waals surface area contributed by atoms with E-state index in [-0.39, 0.29) is 24.5 Å². The van der Waals surface area contributed by atoms with Gasteiger partial charge in [0.15, 0.2) is 0 Å². The predicted molar refractivity (Wildman–Crippen MR) is 110 cm³/mol. The first-order chi connectivity index (χ1) is 13.5. The monoisotopic (exact) mass is 383 g/mol. The van der Waals surface area contributed by atoms with Crippen LogP contribution in [0, 0.1) is 0 Å². The molecule has 28 heavy (non-hydrogen) atoms. The van der Waals surface area contributed by atoms with Gasteiger partial charge in [0.25, 0.3) is 11.8 Å². The highest BCUT2D eigenvalue weighted by molar-refractivity contribution is 6.35. The van der Waals surface area contributed by atoms with E-state index in [2.05, 4.69) is 23.3 Å². The number of benzene rings is 1. The van der Waals surface area contributed by atoms with E-state index in [1.54, 1.807) is 6.08 Å². The molecule has 6 heteroatoms. The molecule has 0 aromatic heterocycles. The van der Waals surface area contributed by atoms with Crippen LogP contribution in [-0.2, 0) is 9.59 Å². The van der Waals surface area contributed by atoms with E-state index in [0.29, 0.717) is 11.3 Å². The molecule has 1 saturated heterocycles. The highest BCUT2D eigenvalue weighted by Crippen LogP contribution is 2.33. The number of amides is 2. The van der Waals surface area contributed by atoms with Gasteiger partial charge in [-0.25, -0.2) is 0 Å². The third-order valence-corrected chi connectivity index (χ3v) is 5.11.